The number of hydrogen-bond acceptors (Lipinski definition) is 5. The van der Waals surface area contributed by atoms with Crippen molar-refractivity contribution >= 4 is 29.0 Å². The number of aryl methyl sites for hydroxylation is 1. The van der Waals surface area contributed by atoms with Crippen molar-refractivity contribution < 1.29 is 4.79 Å². The average Bonchev–Trinajstić information content (AvgIpc) is 3.29. The van der Waals surface area contributed by atoms with Crippen molar-refractivity contribution in [2.75, 3.05) is 12.3 Å². The number of aromatic nitrogens is 3. The van der Waals surface area contributed by atoms with Crippen LogP contribution in [-0.4, -0.2) is 33.4 Å². The number of H-pyrrole nitrogens is 1. The lowest BCUT2D eigenvalue weighted by Gasteiger charge is -2.04. The lowest BCUT2D eigenvalue weighted by molar-refractivity contribution is -0.118. The molecule has 24 heavy (non-hydrogen) atoms. The van der Waals surface area contributed by atoms with Gasteiger partial charge >= 0.3 is 0 Å². The quantitative estimate of drug-likeness (QED) is 0.478. The fourth-order valence-electron chi connectivity index (χ4n) is 2.18. The Morgan fingerprint density at radius 1 is 1.21 bits per heavy atom. The van der Waals surface area contributed by atoms with E-state index in [9.17, 15) is 4.79 Å². The van der Waals surface area contributed by atoms with Crippen LogP contribution in [0.5, 0.6) is 0 Å². The maximum atomic E-state index is 11.9. The normalized spacial score (nSPS) is 10.7. The van der Waals surface area contributed by atoms with Crippen molar-refractivity contribution in [1.29, 1.82) is 0 Å². The molecule has 0 saturated carbocycles. The fourth-order valence-corrected chi connectivity index (χ4v) is 3.47. The number of carbonyl (C=O) groups excluding carboxylic acids is 1. The van der Waals surface area contributed by atoms with Gasteiger partial charge in [-0.3, -0.25) is 9.89 Å². The van der Waals surface area contributed by atoms with Gasteiger partial charge in [-0.25, -0.2) is 4.98 Å². The molecule has 0 aliphatic carbocycles. The molecule has 0 aliphatic rings. The van der Waals surface area contributed by atoms with E-state index in [4.69, 9.17) is 0 Å². The SMILES string of the molecule is O=C(CSc1n[nH]c(-c2cccs2)n1)NCCCc1ccccc1. The van der Waals surface area contributed by atoms with Gasteiger partial charge < -0.3 is 5.32 Å². The monoisotopic (exact) mass is 358 g/mol. The Bertz CT molecular complexity index is 756. The van der Waals surface area contributed by atoms with Crippen molar-refractivity contribution in [2.24, 2.45) is 0 Å². The molecule has 0 saturated heterocycles. The molecule has 0 spiro atoms. The molecule has 1 amide bonds. The maximum Gasteiger partial charge on any atom is 0.230 e. The molecule has 2 N–H and O–H groups in total. The van der Waals surface area contributed by atoms with Gasteiger partial charge in [0.25, 0.3) is 0 Å². The van der Waals surface area contributed by atoms with Crippen molar-refractivity contribution in [3.8, 4) is 10.7 Å². The first-order chi connectivity index (χ1) is 11.8. The van der Waals surface area contributed by atoms with Gasteiger partial charge in [-0.15, -0.1) is 16.4 Å². The zero-order valence-corrected chi connectivity index (χ0v) is 14.7. The van der Waals surface area contributed by atoms with E-state index < -0.39 is 0 Å². The number of rotatable bonds is 8. The summed E-state index contributed by atoms with van der Waals surface area (Å²) in [6.07, 6.45) is 1.91. The van der Waals surface area contributed by atoms with Gasteiger partial charge in [0.15, 0.2) is 5.82 Å². The molecule has 0 bridgehead atoms. The van der Waals surface area contributed by atoms with Gasteiger partial charge in [0.1, 0.15) is 0 Å². The van der Waals surface area contributed by atoms with E-state index in [1.54, 1.807) is 11.3 Å². The van der Waals surface area contributed by atoms with E-state index in [1.165, 1.54) is 17.3 Å². The third kappa shape index (κ3) is 4.94. The van der Waals surface area contributed by atoms with Gasteiger partial charge in [-0.2, -0.15) is 0 Å². The summed E-state index contributed by atoms with van der Waals surface area (Å²) < 4.78 is 0. The van der Waals surface area contributed by atoms with Gasteiger partial charge in [0, 0.05) is 6.54 Å². The summed E-state index contributed by atoms with van der Waals surface area (Å²) in [5.74, 6) is 1.08. The van der Waals surface area contributed by atoms with E-state index in [1.807, 2.05) is 35.7 Å². The highest BCUT2D eigenvalue weighted by Gasteiger charge is 2.09. The summed E-state index contributed by atoms with van der Waals surface area (Å²) >= 11 is 2.94. The molecule has 0 unspecified atom stereocenters. The van der Waals surface area contributed by atoms with Crippen LogP contribution in [0.25, 0.3) is 10.7 Å². The number of amides is 1. The third-order valence-electron chi connectivity index (χ3n) is 3.36. The first-order valence-corrected chi connectivity index (χ1v) is 9.57. The fraction of sp³-hybridized carbons (Fsp3) is 0.235. The first kappa shape index (κ1) is 16.7. The number of aromatic amines is 1. The molecule has 0 atom stereocenters. The summed E-state index contributed by atoms with van der Waals surface area (Å²) in [6.45, 7) is 0.683. The second-order valence-corrected chi connectivity index (χ2v) is 7.06. The summed E-state index contributed by atoms with van der Waals surface area (Å²) in [5.41, 5.74) is 1.29. The largest absolute Gasteiger partial charge is 0.355 e. The second-order valence-electron chi connectivity index (χ2n) is 5.17. The highest BCUT2D eigenvalue weighted by molar-refractivity contribution is 7.99. The van der Waals surface area contributed by atoms with Gasteiger partial charge in [0.2, 0.25) is 11.1 Å². The molecule has 0 aliphatic heterocycles. The Hall–Kier alpha value is -2.12. The highest BCUT2D eigenvalue weighted by atomic mass is 32.2. The molecule has 5 nitrogen and oxygen atoms in total. The van der Waals surface area contributed by atoms with E-state index in [0.717, 1.165) is 23.5 Å². The zero-order chi connectivity index (χ0) is 16.6. The van der Waals surface area contributed by atoms with Gasteiger partial charge in [-0.05, 0) is 29.9 Å². The molecular formula is C17H18N4OS2. The molecule has 0 fully saturated rings. The number of carbonyl (C=O) groups is 1. The Labute approximate surface area is 148 Å². The van der Waals surface area contributed by atoms with Crippen LogP contribution in [0.15, 0.2) is 53.0 Å². The van der Waals surface area contributed by atoms with Crippen molar-refractivity contribution in [3.63, 3.8) is 0 Å². The summed E-state index contributed by atoms with van der Waals surface area (Å²) in [7, 11) is 0. The Balaban J connectivity index is 1.35. The molecule has 3 rings (SSSR count). The van der Waals surface area contributed by atoms with Crippen molar-refractivity contribution in [2.45, 2.75) is 18.0 Å². The Morgan fingerprint density at radius 2 is 2.08 bits per heavy atom. The minimum atomic E-state index is 0.00975. The van der Waals surface area contributed by atoms with Crippen molar-refractivity contribution in [3.05, 3.63) is 53.4 Å². The molecule has 2 aromatic heterocycles. The van der Waals surface area contributed by atoms with Crippen LogP contribution in [0.2, 0.25) is 0 Å². The minimum Gasteiger partial charge on any atom is -0.355 e. The Morgan fingerprint density at radius 3 is 2.88 bits per heavy atom. The average molecular weight is 358 g/mol. The number of nitrogens with zero attached hydrogens (tertiary/aromatic N) is 2. The number of thioether (sulfide) groups is 1. The second kappa shape index (κ2) is 8.65. The summed E-state index contributed by atoms with van der Waals surface area (Å²) in [4.78, 5) is 17.3. The number of thiophene rings is 1. The van der Waals surface area contributed by atoms with Crippen LogP contribution < -0.4 is 5.32 Å². The third-order valence-corrected chi connectivity index (χ3v) is 5.08. The molecule has 1 aromatic carbocycles. The number of benzene rings is 1. The molecule has 7 heteroatoms. The van der Waals surface area contributed by atoms with Crippen LogP contribution in [0.3, 0.4) is 0 Å². The molecule has 3 aromatic rings. The summed E-state index contributed by atoms with van der Waals surface area (Å²) in [5, 5.41) is 12.6. The first-order valence-electron chi connectivity index (χ1n) is 7.71. The van der Waals surface area contributed by atoms with Crippen LogP contribution >= 0.6 is 23.1 Å². The predicted molar refractivity (Wildman–Crippen MR) is 98.2 cm³/mol. The smallest absolute Gasteiger partial charge is 0.230 e. The minimum absolute atomic E-state index is 0.00975. The van der Waals surface area contributed by atoms with E-state index >= 15 is 0 Å². The lowest BCUT2D eigenvalue weighted by Crippen LogP contribution is -2.26. The van der Waals surface area contributed by atoms with Crippen LogP contribution in [0.1, 0.15) is 12.0 Å². The van der Waals surface area contributed by atoms with Gasteiger partial charge in [0.05, 0.1) is 10.6 Å². The molecule has 124 valence electrons. The van der Waals surface area contributed by atoms with E-state index in [0.29, 0.717) is 17.5 Å². The van der Waals surface area contributed by atoms with Crippen LogP contribution in [-0.2, 0) is 11.2 Å². The Kier molecular flexibility index (Phi) is 6.03. The topological polar surface area (TPSA) is 70.7 Å². The molecule has 0 radical (unpaired) electrons. The highest BCUT2D eigenvalue weighted by Crippen LogP contribution is 2.22. The summed E-state index contributed by atoms with van der Waals surface area (Å²) in [6, 6.07) is 14.2. The number of hydrogen-bond donors (Lipinski definition) is 2. The standard InChI is InChI=1S/C17H18N4OS2/c22-15(18-10-4-8-13-6-2-1-3-7-13)12-24-17-19-16(20-21-17)14-9-5-11-23-14/h1-3,5-7,9,11H,4,8,10,12H2,(H,18,22)(H,19,20,21). The van der Waals surface area contributed by atoms with Crippen LogP contribution in [0, 0.1) is 0 Å². The lowest BCUT2D eigenvalue weighted by atomic mass is 10.1. The molecule has 2 heterocycles. The zero-order valence-electron chi connectivity index (χ0n) is 13.1. The molecular weight excluding hydrogens is 340 g/mol. The van der Waals surface area contributed by atoms with Gasteiger partial charge in [-0.1, -0.05) is 48.2 Å². The number of nitrogens with one attached hydrogen (secondary N) is 2. The van der Waals surface area contributed by atoms with E-state index in [2.05, 4.69) is 32.6 Å². The van der Waals surface area contributed by atoms with Crippen molar-refractivity contribution in [1.82, 2.24) is 20.5 Å². The van der Waals surface area contributed by atoms with E-state index in [-0.39, 0.29) is 5.91 Å². The van der Waals surface area contributed by atoms with Crippen LogP contribution in [0.4, 0.5) is 0 Å². The maximum absolute atomic E-state index is 11.9. The predicted octanol–water partition coefficient (Wildman–Crippen LogP) is 3.37.